The van der Waals surface area contributed by atoms with Gasteiger partial charge in [0, 0.05) is 12.4 Å². The molecule has 0 aromatic carbocycles. The molecular weight excluding hydrogens is 361 g/mol. The molecule has 0 atom stereocenters. The Labute approximate surface area is 144 Å². The molecule has 0 aliphatic heterocycles. The number of nitrogens with zero attached hydrogens (tertiary/aromatic N) is 4. The van der Waals surface area contributed by atoms with E-state index in [1.165, 1.54) is 10.8 Å². The van der Waals surface area contributed by atoms with Crippen molar-refractivity contribution in [2.75, 3.05) is 0 Å². The molecule has 0 bridgehead atoms. The highest BCUT2D eigenvalue weighted by molar-refractivity contribution is 7.80. The first-order chi connectivity index (χ1) is 11.6. The van der Waals surface area contributed by atoms with Crippen LogP contribution >= 0.6 is 12.6 Å². The first-order valence-electron chi connectivity index (χ1n) is 6.59. The third kappa shape index (κ3) is 3.52. The molecule has 0 unspecified atom stereocenters. The van der Waals surface area contributed by atoms with Crippen LogP contribution in [0.3, 0.4) is 0 Å². The van der Waals surface area contributed by atoms with Gasteiger partial charge in [-0.25, -0.2) is 9.67 Å². The van der Waals surface area contributed by atoms with E-state index in [1.54, 1.807) is 7.05 Å². The minimum Gasteiger partial charge on any atom is -0.402 e. The summed E-state index contributed by atoms with van der Waals surface area (Å²) in [5.74, 6) is -0.574. The van der Waals surface area contributed by atoms with Crippen LogP contribution in [0.25, 0.3) is 10.9 Å². The van der Waals surface area contributed by atoms with Crippen molar-refractivity contribution in [3.63, 3.8) is 0 Å². The molecular formula is C13H13F3N6O2S. The van der Waals surface area contributed by atoms with Gasteiger partial charge >= 0.3 is 6.36 Å². The Kier molecular flexibility index (Phi) is 4.92. The Balaban J connectivity index is 2.54. The lowest BCUT2D eigenvalue weighted by molar-refractivity contribution is -0.302. The lowest BCUT2D eigenvalue weighted by Crippen LogP contribution is -2.28. The molecule has 0 saturated carbocycles. The van der Waals surface area contributed by atoms with Crippen LogP contribution in [-0.2, 0) is 18.3 Å². The van der Waals surface area contributed by atoms with Gasteiger partial charge in [0.2, 0.25) is 0 Å². The molecule has 0 aliphatic rings. The van der Waals surface area contributed by atoms with Crippen molar-refractivity contribution >= 4 is 42.3 Å². The van der Waals surface area contributed by atoms with Crippen LogP contribution < -0.4 is 11.3 Å². The van der Waals surface area contributed by atoms with Crippen molar-refractivity contribution in [1.82, 2.24) is 14.3 Å². The van der Waals surface area contributed by atoms with E-state index in [0.717, 1.165) is 4.68 Å². The van der Waals surface area contributed by atoms with E-state index in [1.807, 2.05) is 0 Å². The number of aliphatic imine (C=N–C) groups is 1. The minimum atomic E-state index is -5.01. The second-order valence-electron chi connectivity index (χ2n) is 4.84. The molecule has 134 valence electrons. The fraction of sp³-hybridized carbons (Fsp3) is 0.231. The van der Waals surface area contributed by atoms with Crippen LogP contribution in [0.2, 0.25) is 0 Å². The van der Waals surface area contributed by atoms with Crippen LogP contribution in [0, 0.1) is 5.41 Å². The van der Waals surface area contributed by atoms with Crippen LogP contribution in [0.4, 0.5) is 19.0 Å². The van der Waals surface area contributed by atoms with Crippen molar-refractivity contribution in [2.24, 2.45) is 17.8 Å². The molecule has 0 fully saturated rings. The molecule has 2 aromatic rings. The van der Waals surface area contributed by atoms with Gasteiger partial charge in [-0.05, 0) is 6.72 Å². The van der Waals surface area contributed by atoms with Crippen LogP contribution in [-0.4, -0.2) is 33.6 Å². The van der Waals surface area contributed by atoms with Gasteiger partial charge in [0.25, 0.3) is 5.56 Å². The number of fused-ring (bicyclic) bond motifs is 1. The Hall–Kier alpha value is -2.76. The Morgan fingerprint density at radius 3 is 2.76 bits per heavy atom. The normalized spacial score (nSPS) is 12.8. The molecule has 25 heavy (non-hydrogen) atoms. The summed E-state index contributed by atoms with van der Waals surface area (Å²) in [6.07, 6.45) is -3.39. The van der Waals surface area contributed by atoms with Gasteiger partial charge in [-0.2, -0.15) is 5.10 Å². The molecule has 12 heteroatoms. The Morgan fingerprint density at radius 1 is 1.60 bits per heavy atom. The highest BCUT2D eigenvalue weighted by atomic mass is 32.1. The average Bonchev–Trinajstić information content (AvgIpc) is 2.77. The molecule has 2 rings (SSSR count). The van der Waals surface area contributed by atoms with Crippen molar-refractivity contribution in [2.45, 2.75) is 17.8 Å². The first kappa shape index (κ1) is 18.6. The first-order valence-corrected chi connectivity index (χ1v) is 7.04. The molecule has 2 heterocycles. The maximum atomic E-state index is 12.5. The number of ether oxygens (including phenoxy) is 1. The van der Waals surface area contributed by atoms with E-state index in [2.05, 4.69) is 34.2 Å². The van der Waals surface area contributed by atoms with Crippen LogP contribution in [0.5, 0.6) is 0 Å². The van der Waals surface area contributed by atoms with Gasteiger partial charge in [0.05, 0.1) is 29.5 Å². The number of hydrogen-bond acceptors (Lipinski definition) is 7. The highest BCUT2D eigenvalue weighted by Crippen LogP contribution is 2.31. The molecule has 3 N–H and O–H groups in total. The largest absolute Gasteiger partial charge is 0.573 e. The molecule has 0 radical (unpaired) electrons. The molecule has 0 saturated heterocycles. The fourth-order valence-electron chi connectivity index (χ4n) is 2.21. The van der Waals surface area contributed by atoms with Crippen molar-refractivity contribution in [3.05, 3.63) is 28.0 Å². The summed E-state index contributed by atoms with van der Waals surface area (Å²) in [4.78, 5) is 16.7. The number of allylic oxidation sites excluding steroid dienone is 2. The summed E-state index contributed by atoms with van der Waals surface area (Å²) in [5, 5.41) is 11.3. The monoisotopic (exact) mass is 374 g/mol. The van der Waals surface area contributed by atoms with Crippen molar-refractivity contribution in [3.8, 4) is 0 Å². The maximum absolute atomic E-state index is 12.5. The van der Waals surface area contributed by atoms with E-state index in [-0.39, 0.29) is 5.52 Å². The number of aryl methyl sites for hydroxylation is 1. The summed E-state index contributed by atoms with van der Waals surface area (Å²) in [6, 6.07) is 0. The van der Waals surface area contributed by atoms with E-state index in [9.17, 15) is 18.0 Å². The van der Waals surface area contributed by atoms with E-state index in [4.69, 9.17) is 11.1 Å². The summed E-state index contributed by atoms with van der Waals surface area (Å²) in [6.45, 7) is 2.89. The standard InChI is InChI=1S/C13H13F3N6O2S/c1-19-11-10(25)6-4-20-22(12(23)9(6)21(11)2)5-7(18)8(3-17)24-13(14,15)16/h3-4,17,25H,1,5,18H2,2H3. The Bertz CT molecular complexity index is 944. The van der Waals surface area contributed by atoms with Gasteiger partial charge in [-0.3, -0.25) is 4.79 Å². The van der Waals surface area contributed by atoms with Gasteiger partial charge < -0.3 is 20.4 Å². The number of nitrogens with one attached hydrogen (secondary N) is 1. The third-order valence-corrected chi connectivity index (χ3v) is 3.72. The minimum absolute atomic E-state index is 0.184. The van der Waals surface area contributed by atoms with Crippen LogP contribution in [0.15, 0.2) is 32.3 Å². The zero-order valence-corrected chi connectivity index (χ0v) is 13.7. The lowest BCUT2D eigenvalue weighted by atomic mass is 10.3. The summed E-state index contributed by atoms with van der Waals surface area (Å²) >= 11 is 4.26. The SMILES string of the molecule is C=Nc1c(S)c2cnn(CC(N)=C(C=N)OC(F)(F)F)c(=O)c2n1C. The number of hydrogen-bond donors (Lipinski definition) is 3. The molecule has 2 aromatic heterocycles. The predicted octanol–water partition coefficient (Wildman–Crippen LogP) is 1.71. The number of alkyl halides is 3. The quantitative estimate of drug-likeness (QED) is 0.420. The smallest absolute Gasteiger partial charge is 0.402 e. The second kappa shape index (κ2) is 6.63. The number of aromatic nitrogens is 3. The van der Waals surface area contributed by atoms with E-state index < -0.39 is 29.9 Å². The Morgan fingerprint density at radius 2 is 2.24 bits per heavy atom. The van der Waals surface area contributed by atoms with Gasteiger partial charge in [0.1, 0.15) is 11.3 Å². The van der Waals surface area contributed by atoms with Gasteiger partial charge in [-0.1, -0.05) is 0 Å². The molecule has 8 nitrogen and oxygen atoms in total. The number of nitrogens with two attached hydrogens (primary N) is 1. The molecule has 0 amide bonds. The van der Waals surface area contributed by atoms with Gasteiger partial charge in [-0.15, -0.1) is 25.8 Å². The average molecular weight is 374 g/mol. The fourth-order valence-corrected chi connectivity index (χ4v) is 2.59. The predicted molar refractivity (Wildman–Crippen MR) is 88.6 cm³/mol. The van der Waals surface area contributed by atoms with E-state index in [0.29, 0.717) is 22.3 Å². The summed E-state index contributed by atoms with van der Waals surface area (Å²) in [5.41, 5.74) is 4.61. The van der Waals surface area contributed by atoms with Crippen LogP contribution in [0.1, 0.15) is 0 Å². The number of thiol groups is 1. The summed E-state index contributed by atoms with van der Waals surface area (Å²) < 4.78 is 42.8. The topological polar surface area (TPSA) is 111 Å². The van der Waals surface area contributed by atoms with Gasteiger partial charge in [0.15, 0.2) is 5.76 Å². The molecule has 0 aliphatic carbocycles. The maximum Gasteiger partial charge on any atom is 0.573 e. The number of halogens is 3. The third-order valence-electron chi connectivity index (χ3n) is 3.28. The van der Waals surface area contributed by atoms with Crippen molar-refractivity contribution in [1.29, 1.82) is 5.41 Å². The van der Waals surface area contributed by atoms with E-state index >= 15 is 0 Å². The zero-order valence-electron chi connectivity index (χ0n) is 12.8. The number of rotatable bonds is 5. The summed E-state index contributed by atoms with van der Waals surface area (Å²) in [7, 11) is 1.56. The lowest BCUT2D eigenvalue weighted by Gasteiger charge is -2.12. The van der Waals surface area contributed by atoms with Crippen molar-refractivity contribution < 1.29 is 17.9 Å². The highest BCUT2D eigenvalue weighted by Gasteiger charge is 2.32. The zero-order chi connectivity index (χ0) is 18.9. The second-order valence-corrected chi connectivity index (χ2v) is 5.29. The molecule has 0 spiro atoms.